The van der Waals surface area contributed by atoms with Crippen LogP contribution in [-0.4, -0.2) is 5.91 Å². The van der Waals surface area contributed by atoms with E-state index >= 15 is 0 Å². The van der Waals surface area contributed by atoms with Crippen molar-refractivity contribution < 1.29 is 4.79 Å². The first-order valence-electron chi connectivity index (χ1n) is 7.75. The highest BCUT2D eigenvalue weighted by molar-refractivity contribution is 14.1. The lowest BCUT2D eigenvalue weighted by molar-refractivity contribution is 0.102. The van der Waals surface area contributed by atoms with Crippen molar-refractivity contribution in [2.75, 3.05) is 5.32 Å². The molecule has 3 heteroatoms. The molecule has 0 atom stereocenters. The number of nitrogens with one attached hydrogen (secondary N) is 1. The predicted octanol–water partition coefficient (Wildman–Crippen LogP) is 5.10. The Balaban J connectivity index is 1.77. The molecular weight excluding hydrogens is 397 g/mol. The molecule has 0 aliphatic heterocycles. The van der Waals surface area contributed by atoms with Crippen molar-refractivity contribution in [3.8, 4) is 0 Å². The van der Waals surface area contributed by atoms with Gasteiger partial charge < -0.3 is 5.32 Å². The molecule has 2 nitrogen and oxygen atoms in total. The van der Waals surface area contributed by atoms with E-state index in [0.717, 1.165) is 38.6 Å². The Hall–Kier alpha value is -1.88. The second-order valence-electron chi connectivity index (χ2n) is 6.00. The van der Waals surface area contributed by atoms with Crippen LogP contribution in [0.5, 0.6) is 0 Å². The second-order valence-corrected chi connectivity index (χ2v) is 7.08. The molecule has 23 heavy (non-hydrogen) atoms. The van der Waals surface area contributed by atoms with Crippen LogP contribution in [0.4, 0.5) is 5.69 Å². The van der Waals surface area contributed by atoms with Gasteiger partial charge in [-0.2, -0.15) is 0 Å². The quantitative estimate of drug-likeness (QED) is 0.582. The van der Waals surface area contributed by atoms with E-state index in [4.69, 9.17) is 0 Å². The molecule has 0 bridgehead atoms. The summed E-state index contributed by atoms with van der Waals surface area (Å²) in [4.78, 5) is 12.7. The fourth-order valence-electron chi connectivity index (χ4n) is 3.37. The minimum absolute atomic E-state index is 0.0446. The molecular formula is C20H16INO. The summed E-state index contributed by atoms with van der Waals surface area (Å²) in [5.74, 6) is -0.0446. The minimum atomic E-state index is -0.0446. The van der Waals surface area contributed by atoms with E-state index in [-0.39, 0.29) is 5.91 Å². The van der Waals surface area contributed by atoms with E-state index in [9.17, 15) is 4.79 Å². The maximum atomic E-state index is 12.7. The molecule has 0 unspecified atom stereocenters. The fraction of sp³-hybridized carbons (Fsp3) is 0.150. The van der Waals surface area contributed by atoms with Gasteiger partial charge in [0.15, 0.2) is 0 Å². The van der Waals surface area contributed by atoms with Gasteiger partial charge in [-0.1, -0.05) is 36.4 Å². The largest absolute Gasteiger partial charge is 0.321 e. The van der Waals surface area contributed by atoms with Crippen molar-refractivity contribution >= 4 is 45.0 Å². The lowest BCUT2D eigenvalue weighted by atomic mass is 10.0. The molecule has 0 saturated carbocycles. The minimum Gasteiger partial charge on any atom is -0.321 e. The maximum absolute atomic E-state index is 12.7. The van der Waals surface area contributed by atoms with Crippen molar-refractivity contribution in [2.24, 2.45) is 0 Å². The van der Waals surface area contributed by atoms with E-state index in [1.807, 2.05) is 31.2 Å². The SMILES string of the molecule is Cc1cccc(C(=O)Nc2ccc3c4c(cccc24)CC3)c1I. The van der Waals surface area contributed by atoms with E-state index in [1.54, 1.807) is 0 Å². The average molecular weight is 413 g/mol. The summed E-state index contributed by atoms with van der Waals surface area (Å²) in [6.45, 7) is 2.03. The summed E-state index contributed by atoms with van der Waals surface area (Å²) in [5, 5.41) is 5.58. The molecule has 3 aromatic carbocycles. The molecule has 1 N–H and O–H groups in total. The molecule has 0 spiro atoms. The van der Waals surface area contributed by atoms with Crippen LogP contribution < -0.4 is 5.32 Å². The lowest BCUT2D eigenvalue weighted by Crippen LogP contribution is -2.14. The van der Waals surface area contributed by atoms with Crippen LogP contribution in [0.2, 0.25) is 0 Å². The van der Waals surface area contributed by atoms with Gasteiger partial charge in [0.05, 0.1) is 5.56 Å². The first-order chi connectivity index (χ1) is 11.1. The Morgan fingerprint density at radius 1 is 1.00 bits per heavy atom. The number of rotatable bonds is 2. The molecule has 1 aliphatic carbocycles. The van der Waals surface area contributed by atoms with Crippen LogP contribution in [0.3, 0.4) is 0 Å². The topological polar surface area (TPSA) is 29.1 Å². The standard InChI is InChI=1S/C20H16INO/c1-12-4-2-7-16(19(12)21)20(23)22-17-11-10-14-9-8-13-5-3-6-15(17)18(13)14/h2-7,10-11H,8-9H2,1H3,(H,22,23). The summed E-state index contributed by atoms with van der Waals surface area (Å²) in [6, 6.07) is 16.4. The van der Waals surface area contributed by atoms with Gasteiger partial charge in [0, 0.05) is 14.6 Å². The van der Waals surface area contributed by atoms with Gasteiger partial charge in [0.1, 0.15) is 0 Å². The third kappa shape index (κ3) is 2.43. The van der Waals surface area contributed by atoms with Gasteiger partial charge >= 0.3 is 0 Å². The predicted molar refractivity (Wildman–Crippen MR) is 103 cm³/mol. The van der Waals surface area contributed by atoms with Gasteiger partial charge in [-0.15, -0.1) is 0 Å². The summed E-state index contributed by atoms with van der Waals surface area (Å²) in [7, 11) is 0. The van der Waals surface area contributed by atoms with Crippen LogP contribution in [0.25, 0.3) is 10.8 Å². The highest BCUT2D eigenvalue weighted by Gasteiger charge is 2.18. The van der Waals surface area contributed by atoms with Crippen LogP contribution in [-0.2, 0) is 12.8 Å². The Morgan fingerprint density at radius 2 is 1.74 bits per heavy atom. The summed E-state index contributed by atoms with van der Waals surface area (Å²) < 4.78 is 1.01. The molecule has 0 aromatic heterocycles. The van der Waals surface area contributed by atoms with Crippen LogP contribution >= 0.6 is 22.6 Å². The number of carbonyl (C=O) groups excluding carboxylic acids is 1. The van der Waals surface area contributed by atoms with E-state index in [0.29, 0.717) is 0 Å². The molecule has 0 radical (unpaired) electrons. The number of benzene rings is 3. The number of carbonyl (C=O) groups is 1. The molecule has 3 aromatic rings. The average Bonchev–Trinajstić information content (AvgIpc) is 2.97. The Morgan fingerprint density at radius 3 is 2.57 bits per heavy atom. The van der Waals surface area contributed by atoms with Crippen molar-refractivity contribution in [3.63, 3.8) is 0 Å². The molecule has 1 amide bonds. The third-order valence-corrected chi connectivity index (χ3v) is 5.99. The molecule has 0 heterocycles. The van der Waals surface area contributed by atoms with Gasteiger partial charge in [0.25, 0.3) is 5.91 Å². The normalized spacial score (nSPS) is 12.6. The first kappa shape index (κ1) is 14.7. The molecule has 0 fully saturated rings. The van der Waals surface area contributed by atoms with Crippen molar-refractivity contribution in [2.45, 2.75) is 19.8 Å². The van der Waals surface area contributed by atoms with Crippen molar-refractivity contribution in [1.82, 2.24) is 0 Å². The molecule has 0 saturated heterocycles. The third-order valence-electron chi connectivity index (χ3n) is 4.56. The van der Waals surface area contributed by atoms with Gasteiger partial charge in [-0.25, -0.2) is 0 Å². The smallest absolute Gasteiger partial charge is 0.256 e. The van der Waals surface area contributed by atoms with E-state index in [2.05, 4.69) is 52.2 Å². The number of aryl methyl sites for hydroxylation is 3. The maximum Gasteiger partial charge on any atom is 0.256 e. The summed E-state index contributed by atoms with van der Waals surface area (Å²) >= 11 is 2.24. The van der Waals surface area contributed by atoms with E-state index < -0.39 is 0 Å². The lowest BCUT2D eigenvalue weighted by Gasteiger charge is -2.12. The van der Waals surface area contributed by atoms with Crippen molar-refractivity contribution in [1.29, 1.82) is 0 Å². The molecule has 1 aliphatic rings. The zero-order valence-electron chi connectivity index (χ0n) is 12.8. The first-order valence-corrected chi connectivity index (χ1v) is 8.83. The number of amides is 1. The molecule has 4 rings (SSSR count). The summed E-state index contributed by atoms with van der Waals surface area (Å²) in [6.07, 6.45) is 2.19. The number of hydrogen-bond acceptors (Lipinski definition) is 1. The number of halogens is 1. The summed E-state index contributed by atoms with van der Waals surface area (Å²) in [5.41, 5.74) is 5.53. The Labute approximate surface area is 149 Å². The van der Waals surface area contributed by atoms with Crippen LogP contribution in [0, 0.1) is 10.5 Å². The highest BCUT2D eigenvalue weighted by atomic mass is 127. The number of hydrogen-bond donors (Lipinski definition) is 1. The van der Waals surface area contributed by atoms with Gasteiger partial charge in [-0.3, -0.25) is 4.79 Å². The fourth-order valence-corrected chi connectivity index (χ4v) is 3.97. The van der Waals surface area contributed by atoms with Crippen LogP contribution in [0.15, 0.2) is 48.5 Å². The second kappa shape index (κ2) is 5.64. The zero-order valence-corrected chi connectivity index (χ0v) is 15.0. The molecule has 114 valence electrons. The Kier molecular flexibility index (Phi) is 3.60. The van der Waals surface area contributed by atoms with Crippen LogP contribution in [0.1, 0.15) is 27.0 Å². The Bertz CT molecular complexity index is 936. The van der Waals surface area contributed by atoms with E-state index in [1.165, 1.54) is 16.5 Å². The monoisotopic (exact) mass is 413 g/mol. The highest BCUT2D eigenvalue weighted by Crippen LogP contribution is 2.35. The van der Waals surface area contributed by atoms with Gasteiger partial charge in [0.2, 0.25) is 0 Å². The van der Waals surface area contributed by atoms with Gasteiger partial charge in [-0.05, 0) is 76.6 Å². The zero-order chi connectivity index (χ0) is 16.0. The number of anilines is 1. The van der Waals surface area contributed by atoms with Crippen molar-refractivity contribution in [3.05, 3.63) is 74.4 Å².